The molecule has 678 valence electrons. The number of ether oxygens (including phenoxy) is 12. The summed E-state index contributed by atoms with van der Waals surface area (Å²) in [5, 5.41) is 209. The van der Waals surface area contributed by atoms with Crippen molar-refractivity contribution in [3.8, 4) is 0 Å². The summed E-state index contributed by atoms with van der Waals surface area (Å²) in [5.74, 6) is -1.96. The lowest BCUT2D eigenvalue weighted by Crippen LogP contribution is -2.69. The maximum Gasteiger partial charge on any atom is 0.220 e. The second-order valence-electron chi connectivity index (χ2n) is 32.1. The molecule has 116 heavy (non-hydrogen) atoms. The molecule has 6 saturated heterocycles. The highest BCUT2D eigenvalue weighted by molar-refractivity contribution is 5.76. The Bertz CT molecular complexity index is 2670. The second kappa shape index (κ2) is 55.2. The van der Waals surface area contributed by atoms with Crippen molar-refractivity contribution in [3.63, 3.8) is 0 Å². The van der Waals surface area contributed by atoms with Gasteiger partial charge in [-0.15, -0.1) is 0 Å². The molecule has 6 fully saturated rings. The fraction of sp³-hybridized carbons (Fsp3) is 0.938. The van der Waals surface area contributed by atoms with Gasteiger partial charge in [-0.3, -0.25) is 14.4 Å². The minimum Gasteiger partial charge on any atom is -0.394 e. The first-order valence-corrected chi connectivity index (χ1v) is 43.0. The standard InChI is InChI=1S/C80H145N3O33/c1-5-7-9-11-13-15-17-19-20-21-22-23-24-26-28-30-32-34-36-38-56(92)83-48(49(91)37-35-33-31-29-27-25-18-16-14-12-10-8-6-2)44-105-77-68(102)66(100)72(54(43-88)111-77)114-80-70(104)74(116-79-69(103)73(61(95)52(41-86)109-79)115-76-57(81-46(3)89)63(97)59(93)50(39-84)107-76)62(96)55(112-80)45-106-75-58(82-47(4)90)64(98)71(53(42-87)110-75)113-78-67(101)65(99)60(94)51(40-85)108-78/h35,37,48-55,57-80,84-88,91,93-104H,5-34,36,38-45H2,1-4H3,(H,81,89)(H,82,90)(H,83,92)/b37-35+/t48-,49+,50?,51?,52?,53?,54?,55?,57?,58?,59-,60-,61-,62-,63+,64+,65-,66+,67?,68?,69?,70?,71+,72+,73-,74-,75+,76-,77+,78-,79+,80-/m0/s1. The molecule has 36 nitrogen and oxygen atoms in total. The molecular formula is C80H145N3O33. The zero-order valence-electron chi connectivity index (χ0n) is 68.4. The molecule has 0 aromatic carbocycles. The number of unbranched alkanes of at least 4 members (excludes halogenated alkanes) is 29. The van der Waals surface area contributed by atoms with Crippen molar-refractivity contribution in [3.05, 3.63) is 12.2 Å². The molecule has 6 aliphatic rings. The molecule has 0 saturated carbocycles. The van der Waals surface area contributed by atoms with Crippen LogP contribution in [0.4, 0.5) is 0 Å². The van der Waals surface area contributed by atoms with E-state index in [1.807, 2.05) is 6.08 Å². The van der Waals surface area contributed by atoms with Gasteiger partial charge in [-0.2, -0.15) is 0 Å². The molecule has 32 atom stereocenters. The molecule has 0 radical (unpaired) electrons. The van der Waals surface area contributed by atoms with E-state index in [0.717, 1.165) is 65.2 Å². The van der Waals surface area contributed by atoms with Gasteiger partial charge in [0.2, 0.25) is 17.7 Å². The Morgan fingerprint density at radius 2 is 0.690 bits per heavy atom. The van der Waals surface area contributed by atoms with Crippen LogP contribution in [0.1, 0.15) is 233 Å². The van der Waals surface area contributed by atoms with Crippen molar-refractivity contribution in [2.24, 2.45) is 0 Å². The van der Waals surface area contributed by atoms with Gasteiger partial charge in [-0.1, -0.05) is 206 Å². The molecule has 12 unspecified atom stereocenters. The number of aliphatic hydroxyl groups is 18. The van der Waals surface area contributed by atoms with E-state index in [2.05, 4.69) is 29.8 Å². The van der Waals surface area contributed by atoms with E-state index < -0.39 is 254 Å². The Hall–Kier alpha value is -3.05. The molecule has 0 bridgehead atoms. The van der Waals surface area contributed by atoms with Crippen molar-refractivity contribution in [2.45, 2.75) is 429 Å². The van der Waals surface area contributed by atoms with Gasteiger partial charge in [0.15, 0.2) is 37.7 Å². The fourth-order valence-corrected chi connectivity index (χ4v) is 15.7. The van der Waals surface area contributed by atoms with Crippen LogP contribution in [0, 0.1) is 0 Å². The highest BCUT2D eigenvalue weighted by Gasteiger charge is 2.58. The number of hydrogen-bond donors (Lipinski definition) is 21. The van der Waals surface area contributed by atoms with Crippen LogP contribution < -0.4 is 16.0 Å². The highest BCUT2D eigenvalue weighted by atomic mass is 16.8. The van der Waals surface area contributed by atoms with Crippen LogP contribution in [0.2, 0.25) is 0 Å². The quantitative estimate of drug-likeness (QED) is 0.0260. The van der Waals surface area contributed by atoms with Crippen LogP contribution in [0.25, 0.3) is 0 Å². The van der Waals surface area contributed by atoms with Gasteiger partial charge in [0.25, 0.3) is 0 Å². The van der Waals surface area contributed by atoms with Crippen LogP contribution in [0.15, 0.2) is 12.2 Å². The third kappa shape index (κ3) is 31.9. The first-order valence-electron chi connectivity index (χ1n) is 43.0. The van der Waals surface area contributed by atoms with E-state index in [9.17, 15) is 106 Å². The largest absolute Gasteiger partial charge is 0.394 e. The van der Waals surface area contributed by atoms with Gasteiger partial charge in [0, 0.05) is 20.3 Å². The van der Waals surface area contributed by atoms with Gasteiger partial charge < -0.3 is 165 Å². The summed E-state index contributed by atoms with van der Waals surface area (Å²) in [7, 11) is 0. The summed E-state index contributed by atoms with van der Waals surface area (Å²) in [5.41, 5.74) is 0. The molecule has 6 aliphatic heterocycles. The van der Waals surface area contributed by atoms with E-state index in [4.69, 9.17) is 56.8 Å². The number of carbonyl (C=O) groups excluding carboxylic acids is 3. The molecule has 3 amide bonds. The summed E-state index contributed by atoms with van der Waals surface area (Å²) in [6.07, 6.45) is -16.3. The highest BCUT2D eigenvalue weighted by Crippen LogP contribution is 2.37. The molecule has 0 aliphatic carbocycles. The van der Waals surface area contributed by atoms with E-state index in [0.29, 0.717) is 12.8 Å². The number of rotatable bonds is 56. The maximum absolute atomic E-state index is 13.7. The molecule has 36 heteroatoms. The van der Waals surface area contributed by atoms with Crippen molar-refractivity contribution < 1.29 is 163 Å². The van der Waals surface area contributed by atoms with Crippen LogP contribution in [-0.4, -0.2) is 352 Å². The van der Waals surface area contributed by atoms with Gasteiger partial charge in [0.05, 0.1) is 58.4 Å². The van der Waals surface area contributed by atoms with E-state index in [-0.39, 0.29) is 12.3 Å². The Kier molecular flexibility index (Phi) is 48.5. The lowest BCUT2D eigenvalue weighted by atomic mass is 9.94. The van der Waals surface area contributed by atoms with Crippen molar-refractivity contribution in [2.75, 3.05) is 46.2 Å². The number of nitrogens with one attached hydrogen (secondary N) is 3. The van der Waals surface area contributed by atoms with Crippen LogP contribution in [-0.2, 0) is 71.2 Å². The SMILES string of the molecule is CCCCCCCCCCCCC/C=C/[C@@H](O)[C@H](CO[C@@H]1OC(CO)[C@@H](O[C@@H]2OC(CO[C@@H]3OC(CO)[C@@H](O[C@@H]4OC(CO)[C@H](O)[C@H](O)C4O)[C@H](O)C3NC(C)=O)[C@H](O)[C@H](O[C@H]3OC(CO)[C@H](O)[C@H](O[C@@H]4OC(CO)[C@H](O)[C@H](O)C4NC(C)=O)C3O)C2O)[C@H](O)C1O)NC(=O)CCCCCCCCCCCCCCCCCCCCC. The third-order valence-corrected chi connectivity index (χ3v) is 22.7. The summed E-state index contributed by atoms with van der Waals surface area (Å²) < 4.78 is 71.4. The summed E-state index contributed by atoms with van der Waals surface area (Å²) >= 11 is 0. The fourth-order valence-electron chi connectivity index (χ4n) is 15.7. The summed E-state index contributed by atoms with van der Waals surface area (Å²) in [6.45, 7) is 0.217. The van der Waals surface area contributed by atoms with Crippen molar-refractivity contribution >= 4 is 17.7 Å². The Balaban J connectivity index is 1.17. The molecule has 0 aromatic rings. The molecular weight excluding hydrogens is 1530 g/mol. The monoisotopic (exact) mass is 1680 g/mol. The Morgan fingerprint density at radius 1 is 0.345 bits per heavy atom. The average molecular weight is 1680 g/mol. The van der Waals surface area contributed by atoms with Crippen LogP contribution in [0.5, 0.6) is 0 Å². The average Bonchev–Trinajstić information content (AvgIpc) is 0.776. The minimum atomic E-state index is -2.34. The maximum atomic E-state index is 13.7. The number of hydrogen-bond acceptors (Lipinski definition) is 33. The minimum absolute atomic E-state index is 0.145. The summed E-state index contributed by atoms with van der Waals surface area (Å²) in [6, 6.07) is -4.48. The number of carbonyl (C=O) groups is 3. The normalized spacial score (nSPS) is 36.3. The predicted molar refractivity (Wildman–Crippen MR) is 412 cm³/mol. The molecule has 0 aromatic heterocycles. The lowest BCUT2D eigenvalue weighted by molar-refractivity contribution is -0.390. The third-order valence-electron chi connectivity index (χ3n) is 22.7. The second-order valence-corrected chi connectivity index (χ2v) is 32.1. The van der Waals surface area contributed by atoms with Crippen LogP contribution in [0.3, 0.4) is 0 Å². The van der Waals surface area contributed by atoms with E-state index in [1.54, 1.807) is 6.08 Å². The smallest absolute Gasteiger partial charge is 0.220 e. The zero-order valence-corrected chi connectivity index (χ0v) is 68.4. The van der Waals surface area contributed by atoms with Gasteiger partial charge in [-0.05, 0) is 19.3 Å². The molecule has 6 heterocycles. The summed E-state index contributed by atoms with van der Waals surface area (Å²) in [4.78, 5) is 38.9. The van der Waals surface area contributed by atoms with Gasteiger partial charge in [0.1, 0.15) is 146 Å². The van der Waals surface area contributed by atoms with Crippen molar-refractivity contribution in [1.82, 2.24) is 16.0 Å². The number of aliphatic hydroxyl groups excluding tert-OH is 18. The van der Waals surface area contributed by atoms with E-state index in [1.165, 1.54) is 135 Å². The number of allylic oxidation sites excluding steroid dienone is 1. The molecule has 6 rings (SSSR count). The topological polar surface area (TPSA) is 562 Å². The predicted octanol–water partition coefficient (Wildman–Crippen LogP) is -0.864. The van der Waals surface area contributed by atoms with Crippen molar-refractivity contribution in [1.29, 1.82) is 0 Å². The van der Waals surface area contributed by atoms with Crippen LogP contribution >= 0.6 is 0 Å². The Labute approximate surface area is 682 Å². The van der Waals surface area contributed by atoms with Gasteiger partial charge >= 0.3 is 0 Å². The first kappa shape index (κ1) is 102. The Morgan fingerprint density at radius 3 is 1.15 bits per heavy atom. The first-order chi connectivity index (χ1) is 55.8. The van der Waals surface area contributed by atoms with E-state index >= 15 is 0 Å². The zero-order chi connectivity index (χ0) is 84.8. The molecule has 0 spiro atoms. The number of amides is 3. The van der Waals surface area contributed by atoms with Gasteiger partial charge in [-0.25, -0.2) is 0 Å². The molecule has 21 N–H and O–H groups in total. The lowest BCUT2D eigenvalue weighted by Gasteiger charge is -2.50.